The fraction of sp³-hybridized carbons (Fsp3) is 0.176. The van der Waals surface area contributed by atoms with Crippen LogP contribution in [0.1, 0.15) is 22.8 Å². The molecule has 2 aromatic rings. The summed E-state index contributed by atoms with van der Waals surface area (Å²) in [6.45, 7) is 3.00. The highest BCUT2D eigenvalue weighted by Crippen LogP contribution is 2.22. The highest BCUT2D eigenvalue weighted by molar-refractivity contribution is 5.98. The van der Waals surface area contributed by atoms with Crippen molar-refractivity contribution in [2.24, 2.45) is 0 Å². The van der Waals surface area contributed by atoms with E-state index in [1.54, 1.807) is 25.1 Å². The molecule has 2 aromatic carbocycles. The van der Waals surface area contributed by atoms with Crippen molar-refractivity contribution in [2.75, 3.05) is 5.32 Å². The minimum atomic E-state index is -1.15. The normalized spacial score (nSPS) is 11.6. The lowest BCUT2D eigenvalue weighted by Gasteiger charge is -2.14. The monoisotopic (exact) mass is 317 g/mol. The zero-order valence-corrected chi connectivity index (χ0v) is 12.7. The van der Waals surface area contributed by atoms with Crippen molar-refractivity contribution in [2.45, 2.75) is 20.0 Å². The molecule has 0 aliphatic carbocycles. The number of hydrogen-bond acceptors (Lipinski definition) is 4. The molecule has 1 atom stereocenters. The first-order valence-electron chi connectivity index (χ1n) is 6.95. The summed E-state index contributed by atoms with van der Waals surface area (Å²) in [5, 5.41) is 12.2. The van der Waals surface area contributed by atoms with Crippen LogP contribution in [-0.4, -0.2) is 23.1 Å². The number of ether oxygens (including phenoxy) is 1. The maximum atomic E-state index is 13.5. The molecule has 0 fully saturated rings. The van der Waals surface area contributed by atoms with Crippen molar-refractivity contribution in [1.82, 2.24) is 0 Å². The first kappa shape index (κ1) is 16.5. The first-order valence-corrected chi connectivity index (χ1v) is 6.95. The lowest BCUT2D eigenvalue weighted by atomic mass is 10.1. The van der Waals surface area contributed by atoms with Gasteiger partial charge in [-0.3, -0.25) is 4.79 Å². The van der Waals surface area contributed by atoms with Gasteiger partial charge >= 0.3 is 5.97 Å². The molecule has 0 unspecified atom stereocenters. The molecule has 5 nitrogen and oxygen atoms in total. The molecule has 1 amide bonds. The van der Waals surface area contributed by atoms with Crippen molar-refractivity contribution >= 4 is 17.6 Å². The van der Waals surface area contributed by atoms with Gasteiger partial charge in [0.15, 0.2) is 6.10 Å². The van der Waals surface area contributed by atoms with Crippen LogP contribution < -0.4 is 5.32 Å². The predicted octanol–water partition coefficient (Wildman–Crippen LogP) is 3.02. The zero-order valence-electron chi connectivity index (χ0n) is 12.7. The topological polar surface area (TPSA) is 75.6 Å². The molecule has 0 bridgehead atoms. The van der Waals surface area contributed by atoms with Gasteiger partial charge in [-0.25, -0.2) is 9.18 Å². The largest absolute Gasteiger partial charge is 0.507 e. The van der Waals surface area contributed by atoms with E-state index in [0.717, 1.165) is 0 Å². The van der Waals surface area contributed by atoms with Gasteiger partial charge in [-0.2, -0.15) is 0 Å². The number of rotatable bonds is 4. The molecule has 0 aliphatic rings. The van der Waals surface area contributed by atoms with Crippen molar-refractivity contribution in [3.8, 4) is 5.75 Å². The number of esters is 1. The van der Waals surface area contributed by atoms with E-state index in [9.17, 15) is 19.1 Å². The molecule has 120 valence electrons. The molecule has 0 spiro atoms. The number of para-hydroxylation sites is 2. The van der Waals surface area contributed by atoms with E-state index in [4.69, 9.17) is 4.74 Å². The second-order valence-electron chi connectivity index (χ2n) is 4.99. The summed E-state index contributed by atoms with van der Waals surface area (Å²) in [4.78, 5) is 24.0. The molecule has 0 saturated carbocycles. The van der Waals surface area contributed by atoms with Crippen LogP contribution in [-0.2, 0) is 9.53 Å². The third kappa shape index (κ3) is 3.85. The Bertz CT molecular complexity index is 745. The quantitative estimate of drug-likeness (QED) is 0.850. The smallest absolute Gasteiger partial charge is 0.342 e. The number of benzene rings is 2. The van der Waals surface area contributed by atoms with Crippen LogP contribution in [0.25, 0.3) is 0 Å². The van der Waals surface area contributed by atoms with Gasteiger partial charge in [0.25, 0.3) is 5.91 Å². The van der Waals surface area contributed by atoms with Crippen molar-refractivity contribution < 1.29 is 23.8 Å². The van der Waals surface area contributed by atoms with Crippen LogP contribution in [0.3, 0.4) is 0 Å². The number of carbonyl (C=O) groups excluding carboxylic acids is 2. The molecule has 0 saturated heterocycles. The number of aryl methyl sites for hydroxylation is 1. The Balaban J connectivity index is 2.05. The molecule has 23 heavy (non-hydrogen) atoms. The Kier molecular flexibility index (Phi) is 4.95. The van der Waals surface area contributed by atoms with Gasteiger partial charge in [-0.1, -0.05) is 24.3 Å². The fourth-order valence-corrected chi connectivity index (χ4v) is 1.90. The minimum absolute atomic E-state index is 0.00111. The lowest BCUT2D eigenvalue weighted by Crippen LogP contribution is -2.30. The van der Waals surface area contributed by atoms with E-state index in [0.29, 0.717) is 5.56 Å². The number of anilines is 1. The maximum absolute atomic E-state index is 13.5. The molecule has 0 aliphatic heterocycles. The molecule has 6 heteroatoms. The van der Waals surface area contributed by atoms with Crippen LogP contribution in [0.5, 0.6) is 5.75 Å². The maximum Gasteiger partial charge on any atom is 0.342 e. The Hall–Kier alpha value is -2.89. The summed E-state index contributed by atoms with van der Waals surface area (Å²) in [6, 6.07) is 10.3. The van der Waals surface area contributed by atoms with Crippen molar-refractivity contribution in [1.29, 1.82) is 0 Å². The van der Waals surface area contributed by atoms with Crippen LogP contribution in [0.15, 0.2) is 42.5 Å². The number of hydrogen-bond donors (Lipinski definition) is 2. The molecular weight excluding hydrogens is 301 g/mol. The second-order valence-corrected chi connectivity index (χ2v) is 4.99. The van der Waals surface area contributed by atoms with E-state index in [1.807, 2.05) is 0 Å². The van der Waals surface area contributed by atoms with E-state index < -0.39 is 23.8 Å². The number of carbonyl (C=O) groups is 2. The summed E-state index contributed by atoms with van der Waals surface area (Å²) < 4.78 is 18.5. The summed E-state index contributed by atoms with van der Waals surface area (Å²) in [5.41, 5.74) is 0.484. The van der Waals surface area contributed by atoms with Gasteiger partial charge in [0.05, 0.1) is 5.69 Å². The summed E-state index contributed by atoms with van der Waals surface area (Å²) in [7, 11) is 0. The third-order valence-electron chi connectivity index (χ3n) is 3.24. The Morgan fingerprint density at radius 2 is 1.87 bits per heavy atom. The van der Waals surface area contributed by atoms with Crippen molar-refractivity contribution in [3.05, 3.63) is 59.4 Å². The number of amides is 1. The minimum Gasteiger partial charge on any atom is -0.507 e. The van der Waals surface area contributed by atoms with Crippen LogP contribution in [0.2, 0.25) is 0 Å². The fourth-order valence-electron chi connectivity index (χ4n) is 1.90. The van der Waals surface area contributed by atoms with Gasteiger partial charge < -0.3 is 15.2 Å². The Labute approximate surface area is 132 Å². The highest BCUT2D eigenvalue weighted by Gasteiger charge is 2.22. The average Bonchev–Trinajstić information content (AvgIpc) is 2.52. The van der Waals surface area contributed by atoms with Crippen molar-refractivity contribution in [3.63, 3.8) is 0 Å². The standard InChI is InChI=1S/C17H16FNO4/c1-10-6-5-7-12(15(10)20)17(22)23-11(2)16(21)19-14-9-4-3-8-13(14)18/h3-9,11,20H,1-2H3,(H,19,21)/t11-/m1/s1. The molecule has 2 N–H and O–H groups in total. The molecule has 0 heterocycles. The van der Waals surface area contributed by atoms with Crippen LogP contribution >= 0.6 is 0 Å². The Morgan fingerprint density at radius 1 is 1.17 bits per heavy atom. The van der Waals surface area contributed by atoms with Crippen LogP contribution in [0.4, 0.5) is 10.1 Å². The number of phenols is 1. The number of aromatic hydroxyl groups is 1. The molecule has 0 aromatic heterocycles. The first-order chi connectivity index (χ1) is 10.9. The summed E-state index contributed by atoms with van der Waals surface area (Å²) >= 11 is 0. The molecule has 0 radical (unpaired) electrons. The SMILES string of the molecule is Cc1cccc(C(=O)O[C@H](C)C(=O)Nc2ccccc2F)c1O. The van der Waals surface area contributed by atoms with Crippen LogP contribution in [0, 0.1) is 12.7 Å². The second kappa shape index (κ2) is 6.91. The van der Waals surface area contributed by atoms with Gasteiger partial charge in [-0.15, -0.1) is 0 Å². The highest BCUT2D eigenvalue weighted by atomic mass is 19.1. The average molecular weight is 317 g/mol. The predicted molar refractivity (Wildman–Crippen MR) is 82.8 cm³/mol. The lowest BCUT2D eigenvalue weighted by molar-refractivity contribution is -0.123. The number of halogens is 1. The van der Waals surface area contributed by atoms with Gasteiger partial charge in [-0.05, 0) is 37.6 Å². The Morgan fingerprint density at radius 3 is 2.57 bits per heavy atom. The summed E-state index contributed by atoms with van der Waals surface area (Å²) in [6.07, 6.45) is -1.15. The number of nitrogens with one attached hydrogen (secondary N) is 1. The summed E-state index contributed by atoms with van der Waals surface area (Å²) in [5.74, 6) is -2.28. The van der Waals surface area contributed by atoms with E-state index in [1.165, 1.54) is 31.2 Å². The third-order valence-corrected chi connectivity index (χ3v) is 3.24. The molecule has 2 rings (SSSR count). The van der Waals surface area contributed by atoms with Gasteiger partial charge in [0.1, 0.15) is 17.1 Å². The van der Waals surface area contributed by atoms with E-state index >= 15 is 0 Å². The van der Waals surface area contributed by atoms with E-state index in [2.05, 4.69) is 5.32 Å². The van der Waals surface area contributed by atoms with E-state index in [-0.39, 0.29) is 17.0 Å². The van der Waals surface area contributed by atoms with Gasteiger partial charge in [0.2, 0.25) is 0 Å². The molecular formula is C17H16FNO4. The zero-order chi connectivity index (χ0) is 17.0. The number of phenolic OH excluding ortho intramolecular Hbond substituents is 1. The van der Waals surface area contributed by atoms with Gasteiger partial charge in [0, 0.05) is 0 Å².